The Kier molecular flexibility index (Phi) is 4.20. The lowest BCUT2D eigenvalue weighted by atomic mass is 10.2. The zero-order valence-corrected chi connectivity index (χ0v) is 12.7. The predicted octanol–water partition coefficient (Wildman–Crippen LogP) is 2.01. The molecule has 6 heteroatoms. The minimum Gasteiger partial charge on any atom is -0.329 e. The molecule has 0 spiro atoms. The van der Waals surface area contributed by atoms with Gasteiger partial charge in [0.25, 0.3) is 0 Å². The van der Waals surface area contributed by atoms with Gasteiger partial charge >= 0.3 is 0 Å². The van der Waals surface area contributed by atoms with Crippen molar-refractivity contribution in [2.24, 2.45) is 11.7 Å². The van der Waals surface area contributed by atoms with Crippen LogP contribution < -0.4 is 5.73 Å². The lowest BCUT2D eigenvalue weighted by molar-refractivity contribution is 0.340. The smallest absolute Gasteiger partial charge is 0.243 e. The predicted molar refractivity (Wildman–Crippen MR) is 76.7 cm³/mol. The fourth-order valence-electron chi connectivity index (χ4n) is 2.35. The zero-order valence-electron chi connectivity index (χ0n) is 11.1. The van der Waals surface area contributed by atoms with Gasteiger partial charge in [-0.2, -0.15) is 4.31 Å². The Morgan fingerprint density at radius 3 is 2.58 bits per heavy atom. The summed E-state index contributed by atoms with van der Waals surface area (Å²) in [4.78, 5) is 0.304. The van der Waals surface area contributed by atoms with Crippen LogP contribution >= 0.6 is 11.6 Å². The van der Waals surface area contributed by atoms with Gasteiger partial charge in [-0.3, -0.25) is 0 Å². The number of halogens is 1. The molecular weight excluding hydrogens is 284 g/mol. The molecule has 1 saturated carbocycles. The maximum Gasteiger partial charge on any atom is 0.243 e. The van der Waals surface area contributed by atoms with Gasteiger partial charge in [-0.15, -0.1) is 0 Å². The van der Waals surface area contributed by atoms with Crippen LogP contribution in [0.4, 0.5) is 0 Å². The van der Waals surface area contributed by atoms with Gasteiger partial charge in [-0.25, -0.2) is 8.42 Å². The third-order valence-electron chi connectivity index (χ3n) is 3.67. The number of rotatable bonds is 5. The molecule has 0 aromatic heterocycles. The van der Waals surface area contributed by atoms with Crippen LogP contribution in [0.2, 0.25) is 5.02 Å². The van der Waals surface area contributed by atoms with E-state index in [4.69, 9.17) is 17.3 Å². The standard InChI is InChI=1S/C13H19ClN2O2S/c1-9-7-11(14)5-6-13(9)19(17,18)16(2)12(8-15)10-3-4-10/h5-7,10,12H,3-4,8,15H2,1-2H3. The summed E-state index contributed by atoms with van der Waals surface area (Å²) in [5.41, 5.74) is 6.38. The SMILES string of the molecule is Cc1cc(Cl)ccc1S(=O)(=O)N(C)C(CN)C1CC1. The quantitative estimate of drug-likeness (QED) is 0.905. The Morgan fingerprint density at radius 1 is 1.47 bits per heavy atom. The van der Waals surface area contributed by atoms with Gasteiger partial charge in [0.15, 0.2) is 0 Å². The third-order valence-corrected chi connectivity index (χ3v) is 5.95. The van der Waals surface area contributed by atoms with Gasteiger partial charge in [0.05, 0.1) is 4.90 Å². The lowest BCUT2D eigenvalue weighted by Gasteiger charge is -2.27. The van der Waals surface area contributed by atoms with Crippen LogP contribution in [-0.2, 0) is 10.0 Å². The number of benzene rings is 1. The van der Waals surface area contributed by atoms with Crippen LogP contribution in [0.15, 0.2) is 23.1 Å². The first-order chi connectivity index (χ1) is 8.87. The molecule has 106 valence electrons. The van der Waals surface area contributed by atoms with Crippen molar-refractivity contribution in [3.8, 4) is 0 Å². The monoisotopic (exact) mass is 302 g/mol. The average molecular weight is 303 g/mol. The van der Waals surface area contributed by atoms with Gasteiger partial charge in [-0.1, -0.05) is 11.6 Å². The Bertz CT molecular complexity index is 570. The van der Waals surface area contributed by atoms with Crippen molar-refractivity contribution in [3.05, 3.63) is 28.8 Å². The molecule has 2 N–H and O–H groups in total. The van der Waals surface area contributed by atoms with E-state index in [0.29, 0.717) is 27.9 Å². The molecule has 1 unspecified atom stereocenters. The molecule has 1 aliphatic carbocycles. The highest BCUT2D eigenvalue weighted by Crippen LogP contribution is 2.36. The third kappa shape index (κ3) is 2.94. The van der Waals surface area contributed by atoms with Crippen molar-refractivity contribution in [3.63, 3.8) is 0 Å². The molecule has 1 aromatic rings. The first-order valence-corrected chi connectivity index (χ1v) is 8.14. The number of likely N-dealkylation sites (N-methyl/N-ethyl adjacent to an activating group) is 1. The Morgan fingerprint density at radius 2 is 2.11 bits per heavy atom. The summed E-state index contributed by atoms with van der Waals surface area (Å²) in [6.45, 7) is 2.11. The summed E-state index contributed by atoms with van der Waals surface area (Å²) in [5.74, 6) is 0.400. The van der Waals surface area contributed by atoms with E-state index in [1.54, 1.807) is 32.2 Å². The Labute approximate surface area is 119 Å². The lowest BCUT2D eigenvalue weighted by Crippen LogP contribution is -2.43. The molecule has 0 bridgehead atoms. The van der Waals surface area contributed by atoms with Crippen molar-refractivity contribution in [1.82, 2.24) is 4.31 Å². The zero-order chi connectivity index (χ0) is 14.2. The average Bonchev–Trinajstić information content (AvgIpc) is 3.13. The second kappa shape index (κ2) is 5.40. The van der Waals surface area contributed by atoms with Crippen molar-refractivity contribution >= 4 is 21.6 Å². The molecule has 19 heavy (non-hydrogen) atoms. The largest absolute Gasteiger partial charge is 0.329 e. The summed E-state index contributed by atoms with van der Waals surface area (Å²) in [6.07, 6.45) is 2.11. The number of nitrogens with zero attached hydrogens (tertiary/aromatic N) is 1. The summed E-state index contributed by atoms with van der Waals surface area (Å²) in [7, 11) is -1.90. The highest BCUT2D eigenvalue weighted by atomic mass is 35.5. The van der Waals surface area contributed by atoms with Crippen molar-refractivity contribution < 1.29 is 8.42 Å². The Hall–Kier alpha value is -0.620. The molecule has 0 radical (unpaired) electrons. The van der Waals surface area contributed by atoms with E-state index in [1.807, 2.05) is 0 Å². The first-order valence-electron chi connectivity index (χ1n) is 6.32. The van der Waals surface area contributed by atoms with Gasteiger partial charge in [-0.05, 0) is 49.4 Å². The van der Waals surface area contributed by atoms with E-state index < -0.39 is 10.0 Å². The maximum atomic E-state index is 12.6. The normalized spacial score (nSPS) is 17.7. The second-order valence-electron chi connectivity index (χ2n) is 5.07. The highest BCUT2D eigenvalue weighted by Gasteiger charge is 2.38. The number of hydrogen-bond acceptors (Lipinski definition) is 3. The maximum absolute atomic E-state index is 12.6. The molecule has 0 aliphatic heterocycles. The number of hydrogen-bond donors (Lipinski definition) is 1. The summed E-state index contributed by atoms with van der Waals surface area (Å²) in [5, 5.41) is 0.539. The first kappa shape index (κ1) is 14.8. The van der Waals surface area contributed by atoms with Gasteiger partial charge < -0.3 is 5.73 Å². The van der Waals surface area contributed by atoms with Gasteiger partial charge in [0.2, 0.25) is 10.0 Å². The minimum atomic E-state index is -3.51. The van der Waals surface area contributed by atoms with Crippen LogP contribution in [0.3, 0.4) is 0 Å². The molecule has 0 amide bonds. The van der Waals surface area contributed by atoms with Crippen LogP contribution in [0, 0.1) is 12.8 Å². The minimum absolute atomic E-state index is 0.111. The number of sulfonamides is 1. The Balaban J connectivity index is 2.35. The second-order valence-corrected chi connectivity index (χ2v) is 7.47. The van der Waals surface area contributed by atoms with Crippen LogP contribution in [0.5, 0.6) is 0 Å². The summed E-state index contributed by atoms with van der Waals surface area (Å²) < 4.78 is 26.7. The molecule has 1 aliphatic rings. The molecule has 2 rings (SSSR count). The molecule has 0 heterocycles. The van der Waals surface area contributed by atoms with Gasteiger partial charge in [0, 0.05) is 24.7 Å². The van der Waals surface area contributed by atoms with E-state index in [-0.39, 0.29) is 6.04 Å². The van der Waals surface area contributed by atoms with Crippen molar-refractivity contribution in [2.75, 3.05) is 13.6 Å². The molecule has 1 atom stereocenters. The van der Waals surface area contributed by atoms with E-state index in [9.17, 15) is 8.42 Å². The molecule has 1 aromatic carbocycles. The molecule has 0 saturated heterocycles. The van der Waals surface area contributed by atoms with Crippen molar-refractivity contribution in [1.29, 1.82) is 0 Å². The van der Waals surface area contributed by atoms with E-state index in [1.165, 1.54) is 4.31 Å². The van der Waals surface area contributed by atoms with Crippen LogP contribution in [-0.4, -0.2) is 32.4 Å². The van der Waals surface area contributed by atoms with E-state index in [0.717, 1.165) is 12.8 Å². The summed E-state index contributed by atoms with van der Waals surface area (Å²) in [6, 6.07) is 4.71. The van der Waals surface area contributed by atoms with E-state index >= 15 is 0 Å². The van der Waals surface area contributed by atoms with E-state index in [2.05, 4.69) is 0 Å². The van der Waals surface area contributed by atoms with Crippen LogP contribution in [0.25, 0.3) is 0 Å². The fraction of sp³-hybridized carbons (Fsp3) is 0.538. The molecular formula is C13H19ClN2O2S. The fourth-order valence-corrected chi connectivity index (χ4v) is 4.21. The topological polar surface area (TPSA) is 63.4 Å². The highest BCUT2D eigenvalue weighted by molar-refractivity contribution is 7.89. The number of nitrogens with two attached hydrogens (primary N) is 1. The number of aryl methyl sites for hydroxylation is 1. The van der Waals surface area contributed by atoms with Crippen LogP contribution in [0.1, 0.15) is 18.4 Å². The molecule has 4 nitrogen and oxygen atoms in total. The van der Waals surface area contributed by atoms with Crippen molar-refractivity contribution in [2.45, 2.75) is 30.7 Å². The molecule has 1 fully saturated rings. The summed E-state index contributed by atoms with van der Waals surface area (Å²) >= 11 is 5.87. The van der Waals surface area contributed by atoms with Gasteiger partial charge in [0.1, 0.15) is 0 Å².